The highest BCUT2D eigenvalue weighted by atomic mass is 35.5. The van der Waals surface area contributed by atoms with Crippen LogP contribution in [0.2, 0.25) is 5.02 Å². The Bertz CT molecular complexity index is 466. The Balaban J connectivity index is 2.53. The van der Waals surface area contributed by atoms with Gasteiger partial charge in [0.2, 0.25) is 0 Å². The normalized spacial score (nSPS) is 10.3. The van der Waals surface area contributed by atoms with E-state index in [2.05, 4.69) is 36.6 Å². The van der Waals surface area contributed by atoms with Gasteiger partial charge in [0.05, 0.1) is 0 Å². The van der Waals surface area contributed by atoms with E-state index in [-0.39, 0.29) is 0 Å². The van der Waals surface area contributed by atoms with Crippen LogP contribution in [0.3, 0.4) is 0 Å². The number of rotatable bonds is 2. The lowest BCUT2D eigenvalue weighted by Crippen LogP contribution is -1.81. The highest BCUT2D eigenvalue weighted by molar-refractivity contribution is 7.98. The second-order valence-electron chi connectivity index (χ2n) is 3.21. The standard InChI is InChI=1S/C13H11ClS/c1-15-13-8-3-2-7-12(13)10-5-4-6-11(14)9-10/h2-9H,1H3. The average molecular weight is 235 g/mol. The summed E-state index contributed by atoms with van der Waals surface area (Å²) >= 11 is 7.74. The second kappa shape index (κ2) is 4.73. The summed E-state index contributed by atoms with van der Waals surface area (Å²) in [7, 11) is 0. The summed E-state index contributed by atoms with van der Waals surface area (Å²) < 4.78 is 0. The summed E-state index contributed by atoms with van der Waals surface area (Å²) in [5.74, 6) is 0. The molecule has 0 amide bonds. The van der Waals surface area contributed by atoms with Gasteiger partial charge in [-0.2, -0.15) is 0 Å². The third-order valence-corrected chi connectivity index (χ3v) is 3.27. The molecule has 0 aliphatic rings. The minimum Gasteiger partial charge on any atom is -0.129 e. The molecule has 0 fully saturated rings. The van der Waals surface area contributed by atoms with E-state index in [1.807, 2.05) is 18.2 Å². The first kappa shape index (κ1) is 10.6. The van der Waals surface area contributed by atoms with Crippen LogP contribution in [0.15, 0.2) is 53.4 Å². The molecule has 0 atom stereocenters. The van der Waals surface area contributed by atoms with Gasteiger partial charge in [0.15, 0.2) is 0 Å². The van der Waals surface area contributed by atoms with E-state index in [1.54, 1.807) is 11.8 Å². The minimum absolute atomic E-state index is 0.781. The van der Waals surface area contributed by atoms with Crippen LogP contribution in [-0.2, 0) is 0 Å². The van der Waals surface area contributed by atoms with Crippen molar-refractivity contribution < 1.29 is 0 Å². The Kier molecular flexibility index (Phi) is 3.34. The molecular weight excluding hydrogens is 224 g/mol. The molecular formula is C13H11ClS. The molecule has 0 saturated heterocycles. The molecule has 2 aromatic carbocycles. The molecule has 0 nitrogen and oxygen atoms in total. The van der Waals surface area contributed by atoms with Crippen molar-refractivity contribution in [3.8, 4) is 11.1 Å². The van der Waals surface area contributed by atoms with Crippen molar-refractivity contribution >= 4 is 23.4 Å². The zero-order chi connectivity index (χ0) is 10.7. The first-order chi connectivity index (χ1) is 7.31. The Morgan fingerprint density at radius 3 is 2.53 bits per heavy atom. The third-order valence-electron chi connectivity index (χ3n) is 2.24. The lowest BCUT2D eigenvalue weighted by Gasteiger charge is -2.07. The smallest absolute Gasteiger partial charge is 0.0412 e. The molecule has 0 aliphatic heterocycles. The minimum atomic E-state index is 0.781. The van der Waals surface area contributed by atoms with Crippen molar-refractivity contribution in [1.29, 1.82) is 0 Å². The van der Waals surface area contributed by atoms with Gasteiger partial charge < -0.3 is 0 Å². The maximum absolute atomic E-state index is 5.98. The lowest BCUT2D eigenvalue weighted by molar-refractivity contribution is 1.45. The van der Waals surface area contributed by atoms with Crippen molar-refractivity contribution in [2.45, 2.75) is 4.90 Å². The van der Waals surface area contributed by atoms with Crippen LogP contribution in [0.25, 0.3) is 11.1 Å². The molecule has 0 unspecified atom stereocenters. The molecule has 15 heavy (non-hydrogen) atoms. The van der Waals surface area contributed by atoms with Gasteiger partial charge in [-0.15, -0.1) is 11.8 Å². The molecule has 0 spiro atoms. The number of thioether (sulfide) groups is 1. The molecule has 0 radical (unpaired) electrons. The molecule has 76 valence electrons. The number of benzene rings is 2. The van der Waals surface area contributed by atoms with Crippen LogP contribution < -0.4 is 0 Å². The van der Waals surface area contributed by atoms with Crippen molar-refractivity contribution in [3.05, 3.63) is 53.6 Å². The van der Waals surface area contributed by atoms with Crippen LogP contribution in [0.4, 0.5) is 0 Å². The van der Waals surface area contributed by atoms with E-state index in [0.717, 1.165) is 5.02 Å². The van der Waals surface area contributed by atoms with Crippen LogP contribution in [0.1, 0.15) is 0 Å². The molecule has 2 aromatic rings. The van der Waals surface area contributed by atoms with E-state index in [0.29, 0.717) is 0 Å². The zero-order valence-electron chi connectivity index (χ0n) is 8.41. The van der Waals surface area contributed by atoms with Gasteiger partial charge >= 0.3 is 0 Å². The topological polar surface area (TPSA) is 0 Å². The second-order valence-corrected chi connectivity index (χ2v) is 4.50. The average Bonchev–Trinajstić information content (AvgIpc) is 2.29. The van der Waals surface area contributed by atoms with E-state index < -0.39 is 0 Å². The molecule has 0 heterocycles. The number of hydrogen-bond donors (Lipinski definition) is 0. The number of halogens is 1. The first-order valence-electron chi connectivity index (χ1n) is 4.70. The molecule has 2 heteroatoms. The van der Waals surface area contributed by atoms with Gasteiger partial charge in [-0.05, 0) is 35.6 Å². The summed E-state index contributed by atoms with van der Waals surface area (Å²) in [6.07, 6.45) is 2.09. The fraction of sp³-hybridized carbons (Fsp3) is 0.0769. The van der Waals surface area contributed by atoms with Gasteiger partial charge in [0, 0.05) is 9.92 Å². The van der Waals surface area contributed by atoms with Gasteiger partial charge in [-0.1, -0.05) is 41.9 Å². The summed E-state index contributed by atoms with van der Waals surface area (Å²) in [5.41, 5.74) is 2.42. The van der Waals surface area contributed by atoms with Crippen molar-refractivity contribution in [1.82, 2.24) is 0 Å². The van der Waals surface area contributed by atoms with Gasteiger partial charge in [-0.3, -0.25) is 0 Å². The summed E-state index contributed by atoms with van der Waals surface area (Å²) in [6.45, 7) is 0. The first-order valence-corrected chi connectivity index (χ1v) is 6.30. The quantitative estimate of drug-likeness (QED) is 0.677. The highest BCUT2D eigenvalue weighted by Crippen LogP contribution is 2.30. The zero-order valence-corrected chi connectivity index (χ0v) is 9.98. The molecule has 0 aliphatic carbocycles. The van der Waals surface area contributed by atoms with Crippen LogP contribution in [-0.4, -0.2) is 6.26 Å². The monoisotopic (exact) mass is 234 g/mol. The molecule has 2 rings (SSSR count). The maximum Gasteiger partial charge on any atom is 0.0412 e. The highest BCUT2D eigenvalue weighted by Gasteiger charge is 2.03. The van der Waals surface area contributed by atoms with E-state index in [1.165, 1.54) is 16.0 Å². The van der Waals surface area contributed by atoms with Gasteiger partial charge in [0.1, 0.15) is 0 Å². The van der Waals surface area contributed by atoms with Gasteiger partial charge in [-0.25, -0.2) is 0 Å². The fourth-order valence-corrected chi connectivity index (χ4v) is 2.35. The van der Waals surface area contributed by atoms with Crippen LogP contribution >= 0.6 is 23.4 Å². The van der Waals surface area contributed by atoms with Crippen molar-refractivity contribution in [2.24, 2.45) is 0 Å². The van der Waals surface area contributed by atoms with Gasteiger partial charge in [0.25, 0.3) is 0 Å². The Morgan fingerprint density at radius 2 is 1.80 bits per heavy atom. The molecule has 0 bridgehead atoms. The third kappa shape index (κ3) is 2.36. The fourth-order valence-electron chi connectivity index (χ4n) is 1.54. The Labute approximate surface area is 99.3 Å². The predicted molar refractivity (Wildman–Crippen MR) is 68.7 cm³/mol. The Hall–Kier alpha value is -0.920. The maximum atomic E-state index is 5.98. The SMILES string of the molecule is CSc1ccccc1-c1cccc(Cl)c1. The molecule has 0 N–H and O–H groups in total. The van der Waals surface area contributed by atoms with Crippen LogP contribution in [0.5, 0.6) is 0 Å². The summed E-state index contributed by atoms with van der Waals surface area (Å²) in [4.78, 5) is 1.28. The lowest BCUT2D eigenvalue weighted by atomic mass is 10.1. The largest absolute Gasteiger partial charge is 0.129 e. The van der Waals surface area contributed by atoms with E-state index in [4.69, 9.17) is 11.6 Å². The number of hydrogen-bond acceptors (Lipinski definition) is 1. The van der Waals surface area contributed by atoms with Crippen LogP contribution in [0, 0.1) is 0 Å². The Morgan fingerprint density at radius 1 is 1.00 bits per heavy atom. The van der Waals surface area contributed by atoms with E-state index >= 15 is 0 Å². The van der Waals surface area contributed by atoms with Crippen molar-refractivity contribution in [3.63, 3.8) is 0 Å². The molecule has 0 saturated carbocycles. The predicted octanol–water partition coefficient (Wildman–Crippen LogP) is 4.73. The summed E-state index contributed by atoms with van der Waals surface area (Å²) in [6, 6.07) is 16.3. The summed E-state index contributed by atoms with van der Waals surface area (Å²) in [5, 5.41) is 0.781. The molecule has 0 aromatic heterocycles. The van der Waals surface area contributed by atoms with Crippen molar-refractivity contribution in [2.75, 3.05) is 6.26 Å². The van der Waals surface area contributed by atoms with E-state index in [9.17, 15) is 0 Å².